The lowest BCUT2D eigenvalue weighted by atomic mass is 9.91. The van der Waals surface area contributed by atoms with E-state index >= 15 is 0 Å². The second-order valence-corrected chi connectivity index (χ2v) is 11.6. The molecule has 2 aliphatic heterocycles. The Labute approximate surface area is 252 Å². The molecule has 0 unspecified atom stereocenters. The summed E-state index contributed by atoms with van der Waals surface area (Å²) in [5, 5.41) is 13.6. The van der Waals surface area contributed by atoms with Crippen molar-refractivity contribution in [2.75, 3.05) is 32.7 Å². The number of carbonyl (C=O) groups is 2. The van der Waals surface area contributed by atoms with E-state index in [9.17, 15) is 14.7 Å². The van der Waals surface area contributed by atoms with Gasteiger partial charge in [-0.15, -0.1) is 0 Å². The molecule has 1 saturated heterocycles. The first-order chi connectivity index (χ1) is 20.9. The second kappa shape index (κ2) is 14.6. The predicted molar refractivity (Wildman–Crippen MR) is 159 cm³/mol. The van der Waals surface area contributed by atoms with Crippen LogP contribution in [0.5, 0.6) is 5.75 Å². The third-order valence-corrected chi connectivity index (χ3v) is 8.42. The van der Waals surface area contributed by atoms with Gasteiger partial charge in [0.1, 0.15) is 24.4 Å². The van der Waals surface area contributed by atoms with Crippen LogP contribution in [0.1, 0.15) is 71.2 Å². The van der Waals surface area contributed by atoms with Crippen molar-refractivity contribution in [1.82, 2.24) is 30.1 Å². The van der Waals surface area contributed by atoms with Gasteiger partial charge in [0.2, 0.25) is 5.91 Å². The van der Waals surface area contributed by atoms with E-state index in [0.717, 1.165) is 75.3 Å². The van der Waals surface area contributed by atoms with E-state index in [0.29, 0.717) is 36.9 Å². The minimum Gasteiger partial charge on any atom is -0.485 e. The van der Waals surface area contributed by atoms with Gasteiger partial charge in [0.15, 0.2) is 12.2 Å². The summed E-state index contributed by atoms with van der Waals surface area (Å²) in [7, 11) is 0. The van der Waals surface area contributed by atoms with E-state index < -0.39 is 6.10 Å². The van der Waals surface area contributed by atoms with Crippen LogP contribution in [0.3, 0.4) is 0 Å². The van der Waals surface area contributed by atoms with Crippen molar-refractivity contribution in [2.24, 2.45) is 5.92 Å². The first-order valence-electron chi connectivity index (χ1n) is 15.3. The molecule has 3 aromatic rings. The molecule has 0 radical (unpaired) electrons. The maximum atomic E-state index is 12.8. The van der Waals surface area contributed by atoms with Crippen LogP contribution in [-0.4, -0.2) is 80.5 Å². The number of aliphatic hydroxyl groups excluding tert-OH is 1. The van der Waals surface area contributed by atoms with Gasteiger partial charge in [0.05, 0.1) is 12.3 Å². The molecule has 43 heavy (non-hydrogen) atoms. The van der Waals surface area contributed by atoms with Crippen LogP contribution >= 0.6 is 0 Å². The number of β-amino-alcohol motifs (C(OH)–C–C–N with tert-alkyl or cyclic N) is 1. The number of hydrogen-bond acceptors (Lipinski definition) is 9. The van der Waals surface area contributed by atoms with Gasteiger partial charge < -0.3 is 24.5 Å². The molecule has 2 amide bonds. The van der Waals surface area contributed by atoms with Gasteiger partial charge in [-0.25, -0.2) is 15.0 Å². The van der Waals surface area contributed by atoms with Crippen molar-refractivity contribution in [3.63, 3.8) is 0 Å². The second-order valence-electron chi connectivity index (χ2n) is 11.6. The highest BCUT2D eigenvalue weighted by Crippen LogP contribution is 2.30. The number of oxazole rings is 1. The summed E-state index contributed by atoms with van der Waals surface area (Å²) in [6.45, 7) is 8.13. The number of aromatic nitrogens is 3. The van der Waals surface area contributed by atoms with Crippen molar-refractivity contribution in [3.8, 4) is 5.75 Å². The summed E-state index contributed by atoms with van der Waals surface area (Å²) in [5.41, 5.74) is 4.76. The average molecular weight is 591 g/mol. The van der Waals surface area contributed by atoms with Gasteiger partial charge in [-0.1, -0.05) is 13.0 Å². The number of piperidine rings is 1. The molecule has 5 rings (SSSR count). The van der Waals surface area contributed by atoms with Gasteiger partial charge in [0.25, 0.3) is 5.91 Å². The smallest absolute Gasteiger partial charge is 0.270 e. The van der Waals surface area contributed by atoms with E-state index in [1.807, 2.05) is 17.9 Å². The number of hydrogen-bond donors (Lipinski definition) is 2. The highest BCUT2D eigenvalue weighted by atomic mass is 16.5. The Balaban J connectivity index is 1.06. The van der Waals surface area contributed by atoms with E-state index in [4.69, 9.17) is 9.15 Å². The van der Waals surface area contributed by atoms with Gasteiger partial charge in [-0.3, -0.25) is 14.5 Å². The average Bonchev–Trinajstić information content (AvgIpc) is 3.54. The summed E-state index contributed by atoms with van der Waals surface area (Å²) in [6, 6.07) is 5.81. The van der Waals surface area contributed by atoms with Crippen LogP contribution in [-0.2, 0) is 30.8 Å². The number of nitrogens with one attached hydrogen (secondary N) is 1. The SMILES string of the molecule is CCCC(=O)N1CCC(Cc2cc(C(=O)NC[C@H](O)CN3CCc4c(ccc(OCc5cnco5)c4C)C3)ncn2)CC1. The number of fused-ring (bicyclic) bond motifs is 1. The quantitative estimate of drug-likeness (QED) is 0.326. The minimum absolute atomic E-state index is 0.138. The molecule has 2 N–H and O–H groups in total. The number of nitrogens with zero attached hydrogens (tertiary/aromatic N) is 5. The minimum atomic E-state index is -0.710. The van der Waals surface area contributed by atoms with Crippen molar-refractivity contribution in [3.05, 3.63) is 71.0 Å². The number of ether oxygens (including phenoxy) is 1. The van der Waals surface area contributed by atoms with Crippen LogP contribution in [0.25, 0.3) is 0 Å². The van der Waals surface area contributed by atoms with Gasteiger partial charge in [-0.2, -0.15) is 0 Å². The molecule has 11 nitrogen and oxygen atoms in total. The first kappa shape index (κ1) is 30.6. The van der Waals surface area contributed by atoms with E-state index in [1.165, 1.54) is 23.8 Å². The Bertz CT molecular complexity index is 1370. The molecule has 2 aliphatic rings. The van der Waals surface area contributed by atoms with Crippen molar-refractivity contribution in [1.29, 1.82) is 0 Å². The fourth-order valence-electron chi connectivity index (χ4n) is 6.00. The fraction of sp³-hybridized carbons (Fsp3) is 0.531. The maximum absolute atomic E-state index is 12.8. The molecule has 0 bridgehead atoms. The van der Waals surface area contributed by atoms with Crippen molar-refractivity contribution < 1.29 is 23.8 Å². The third kappa shape index (κ3) is 8.17. The monoisotopic (exact) mass is 590 g/mol. The lowest BCUT2D eigenvalue weighted by Gasteiger charge is -2.32. The standard InChI is InChI=1S/C32H42N6O5/c1-3-4-31(40)38-11-7-23(8-12-38)13-25-14-29(36-20-35-25)32(41)34-15-26(39)18-37-10-9-28-22(2)30(6-5-24(28)17-37)42-19-27-16-33-21-43-27/h5-6,14,16,20-21,23,26,39H,3-4,7-13,15,17-19H2,1-2H3,(H,34,41)/t26-/m0/s1. The molecule has 11 heteroatoms. The number of carbonyl (C=O) groups excluding carboxylic acids is 2. The number of amides is 2. The molecular formula is C32H42N6O5. The maximum Gasteiger partial charge on any atom is 0.270 e. The van der Waals surface area contributed by atoms with E-state index in [-0.39, 0.29) is 18.4 Å². The molecule has 0 saturated carbocycles. The summed E-state index contributed by atoms with van der Waals surface area (Å²) < 4.78 is 11.2. The molecule has 230 valence electrons. The number of rotatable bonds is 12. The van der Waals surface area contributed by atoms with E-state index in [1.54, 1.807) is 12.3 Å². The Morgan fingerprint density at radius 3 is 2.81 bits per heavy atom. The van der Waals surface area contributed by atoms with Gasteiger partial charge >= 0.3 is 0 Å². The normalized spacial score (nSPS) is 16.5. The first-order valence-corrected chi connectivity index (χ1v) is 15.3. The van der Waals surface area contributed by atoms with Crippen molar-refractivity contribution >= 4 is 11.8 Å². The lowest BCUT2D eigenvalue weighted by Crippen LogP contribution is -2.42. The molecule has 1 aromatic carbocycles. The highest BCUT2D eigenvalue weighted by Gasteiger charge is 2.24. The molecular weight excluding hydrogens is 548 g/mol. The largest absolute Gasteiger partial charge is 0.485 e. The topological polar surface area (TPSA) is 134 Å². The lowest BCUT2D eigenvalue weighted by molar-refractivity contribution is -0.132. The highest BCUT2D eigenvalue weighted by molar-refractivity contribution is 5.92. The van der Waals surface area contributed by atoms with Crippen LogP contribution in [0.2, 0.25) is 0 Å². The molecule has 1 fully saturated rings. The molecule has 1 atom stereocenters. The summed E-state index contributed by atoms with van der Waals surface area (Å²) in [5.74, 6) is 1.86. The van der Waals surface area contributed by atoms with Gasteiger partial charge in [-0.05, 0) is 73.8 Å². The van der Waals surface area contributed by atoms with Crippen LogP contribution in [0, 0.1) is 12.8 Å². The zero-order chi connectivity index (χ0) is 30.2. The van der Waals surface area contributed by atoms with Crippen LogP contribution < -0.4 is 10.1 Å². The molecule has 0 aliphatic carbocycles. The predicted octanol–water partition coefficient (Wildman–Crippen LogP) is 3.08. The van der Waals surface area contributed by atoms with Gasteiger partial charge in [0, 0.05) is 51.4 Å². The fourth-order valence-corrected chi connectivity index (χ4v) is 6.00. The van der Waals surface area contributed by atoms with Crippen molar-refractivity contribution in [2.45, 2.75) is 71.6 Å². The molecule has 0 spiro atoms. The Morgan fingerprint density at radius 2 is 2.05 bits per heavy atom. The third-order valence-electron chi connectivity index (χ3n) is 8.42. The number of aliphatic hydroxyl groups is 1. The Hall–Kier alpha value is -3.83. The van der Waals surface area contributed by atoms with Crippen LogP contribution in [0.15, 0.2) is 41.5 Å². The zero-order valence-corrected chi connectivity index (χ0v) is 25.1. The number of benzene rings is 1. The van der Waals surface area contributed by atoms with E-state index in [2.05, 4.69) is 38.2 Å². The summed E-state index contributed by atoms with van der Waals surface area (Å²) >= 11 is 0. The Kier molecular flexibility index (Phi) is 10.4. The van der Waals surface area contributed by atoms with Crippen LogP contribution in [0.4, 0.5) is 0 Å². The summed E-state index contributed by atoms with van der Waals surface area (Å²) in [4.78, 5) is 41.6. The zero-order valence-electron chi connectivity index (χ0n) is 25.1. The molecule has 2 aromatic heterocycles. The summed E-state index contributed by atoms with van der Waals surface area (Å²) in [6.07, 6.45) is 8.73. The molecule has 4 heterocycles. The Morgan fingerprint density at radius 1 is 1.21 bits per heavy atom. The number of likely N-dealkylation sites (tertiary alicyclic amines) is 1.